The molecule has 1 saturated carbocycles. The van der Waals surface area contributed by atoms with E-state index in [1.54, 1.807) is 12.1 Å². The lowest BCUT2D eigenvalue weighted by Crippen LogP contribution is -2.27. The summed E-state index contributed by atoms with van der Waals surface area (Å²) in [6, 6.07) is 6.43. The molecule has 2 fully saturated rings. The molecule has 90 valence electrons. The molecule has 2 atom stereocenters. The maximum absolute atomic E-state index is 6.08. The van der Waals surface area contributed by atoms with E-state index in [1.165, 1.54) is 19.3 Å². The molecule has 0 bridgehead atoms. The molecule has 0 spiro atoms. The lowest BCUT2D eigenvalue weighted by Gasteiger charge is -2.05. The van der Waals surface area contributed by atoms with Gasteiger partial charge in [-0.2, -0.15) is 0 Å². The Bertz CT molecular complexity index is 439. The Morgan fingerprint density at radius 2 is 1.65 bits per heavy atom. The van der Waals surface area contributed by atoms with Crippen LogP contribution in [0.25, 0.3) is 0 Å². The van der Waals surface area contributed by atoms with Crippen molar-refractivity contribution in [2.45, 2.75) is 31.3 Å². The molecule has 17 heavy (non-hydrogen) atoms. The number of hydrogen-bond donors (Lipinski definition) is 2. The van der Waals surface area contributed by atoms with E-state index in [4.69, 9.17) is 23.2 Å². The first-order chi connectivity index (χ1) is 8.24. The highest BCUT2D eigenvalue weighted by Crippen LogP contribution is 2.33. The molecule has 1 aromatic carbocycles. The molecule has 1 saturated heterocycles. The number of rotatable bonds is 1. The summed E-state index contributed by atoms with van der Waals surface area (Å²) in [6.45, 7) is 0. The number of benzene rings is 1. The maximum atomic E-state index is 6.08. The first-order valence-corrected chi connectivity index (χ1v) is 6.55. The van der Waals surface area contributed by atoms with E-state index in [9.17, 15) is 0 Å². The highest BCUT2D eigenvalue weighted by Gasteiger charge is 2.34. The molecule has 1 aromatic rings. The van der Waals surface area contributed by atoms with Crippen molar-refractivity contribution < 1.29 is 0 Å². The van der Waals surface area contributed by atoms with Crippen LogP contribution in [0.15, 0.2) is 23.2 Å². The summed E-state index contributed by atoms with van der Waals surface area (Å²) in [5, 5.41) is 7.90. The van der Waals surface area contributed by atoms with E-state index in [-0.39, 0.29) is 0 Å². The standard InChI is InChI=1S/C12H13Cl2N3/c13-7-3-1-4-8(14)11(7)17-12-15-9-5-2-6-10(9)16-12/h1,3-4,9-10H,2,5-6H2,(H2,15,16,17)/t9-,10-/m0/s1. The third-order valence-corrected chi connectivity index (χ3v) is 3.93. The van der Waals surface area contributed by atoms with Gasteiger partial charge in [0.25, 0.3) is 0 Å². The molecule has 0 amide bonds. The van der Waals surface area contributed by atoms with E-state index in [2.05, 4.69) is 15.6 Å². The van der Waals surface area contributed by atoms with Gasteiger partial charge in [0.15, 0.2) is 5.96 Å². The zero-order valence-corrected chi connectivity index (χ0v) is 10.7. The Morgan fingerprint density at radius 1 is 1.06 bits per heavy atom. The molecule has 5 heteroatoms. The Hall–Kier alpha value is -0.930. The fourth-order valence-corrected chi connectivity index (χ4v) is 2.95. The molecule has 2 aliphatic rings. The average Bonchev–Trinajstić information content (AvgIpc) is 2.83. The first-order valence-electron chi connectivity index (χ1n) is 5.80. The molecular formula is C12H13Cl2N3. The number of guanidine groups is 1. The predicted octanol–water partition coefficient (Wildman–Crippen LogP) is 3.09. The summed E-state index contributed by atoms with van der Waals surface area (Å²) in [4.78, 5) is 4.47. The number of para-hydroxylation sites is 1. The summed E-state index contributed by atoms with van der Waals surface area (Å²) in [7, 11) is 0. The Morgan fingerprint density at radius 3 is 2.24 bits per heavy atom. The van der Waals surface area contributed by atoms with Crippen LogP contribution in [0.1, 0.15) is 19.3 Å². The quantitative estimate of drug-likeness (QED) is 0.822. The van der Waals surface area contributed by atoms with Crippen molar-refractivity contribution in [3.8, 4) is 0 Å². The second-order valence-corrected chi connectivity index (χ2v) is 5.28. The second-order valence-electron chi connectivity index (χ2n) is 4.46. The van der Waals surface area contributed by atoms with Crippen LogP contribution in [-0.4, -0.2) is 18.0 Å². The summed E-state index contributed by atoms with van der Waals surface area (Å²) in [5.41, 5.74) is 0.630. The Kier molecular flexibility index (Phi) is 2.89. The van der Waals surface area contributed by atoms with E-state index in [0.29, 0.717) is 27.8 Å². The number of aliphatic imine (C=N–C) groups is 1. The maximum Gasteiger partial charge on any atom is 0.197 e. The smallest absolute Gasteiger partial charge is 0.197 e. The fourth-order valence-electron chi connectivity index (χ4n) is 2.47. The van der Waals surface area contributed by atoms with Crippen LogP contribution in [-0.2, 0) is 0 Å². The third kappa shape index (κ3) is 2.09. The molecule has 2 N–H and O–H groups in total. The molecule has 0 aromatic heterocycles. The minimum absolute atomic E-state index is 0.509. The topological polar surface area (TPSA) is 36.4 Å². The molecule has 3 rings (SSSR count). The molecule has 1 heterocycles. The van der Waals surface area contributed by atoms with Crippen molar-refractivity contribution in [2.75, 3.05) is 0 Å². The predicted molar refractivity (Wildman–Crippen MR) is 71.3 cm³/mol. The monoisotopic (exact) mass is 269 g/mol. The fraction of sp³-hybridized carbons (Fsp3) is 0.417. The zero-order chi connectivity index (χ0) is 11.8. The molecular weight excluding hydrogens is 257 g/mol. The Labute approximate surface area is 110 Å². The van der Waals surface area contributed by atoms with Gasteiger partial charge in [0.1, 0.15) is 5.69 Å². The number of nitrogens with one attached hydrogen (secondary N) is 2. The summed E-state index contributed by atoms with van der Waals surface area (Å²) >= 11 is 12.2. The highest BCUT2D eigenvalue weighted by atomic mass is 35.5. The van der Waals surface area contributed by atoms with E-state index in [1.807, 2.05) is 6.07 Å². The molecule has 1 aliphatic carbocycles. The number of halogens is 2. The van der Waals surface area contributed by atoms with Crippen molar-refractivity contribution in [1.82, 2.24) is 10.6 Å². The second kappa shape index (κ2) is 4.39. The van der Waals surface area contributed by atoms with Crippen LogP contribution >= 0.6 is 23.2 Å². The van der Waals surface area contributed by atoms with Gasteiger partial charge in [-0.3, -0.25) is 0 Å². The summed E-state index contributed by atoms with van der Waals surface area (Å²) < 4.78 is 0. The van der Waals surface area contributed by atoms with Gasteiger partial charge in [-0.15, -0.1) is 0 Å². The van der Waals surface area contributed by atoms with Crippen molar-refractivity contribution in [3.05, 3.63) is 28.2 Å². The minimum atomic E-state index is 0.509. The lowest BCUT2D eigenvalue weighted by molar-refractivity contribution is 0.583. The number of hydrogen-bond acceptors (Lipinski definition) is 1. The van der Waals surface area contributed by atoms with Gasteiger partial charge in [-0.1, -0.05) is 29.3 Å². The van der Waals surface area contributed by atoms with Gasteiger partial charge < -0.3 is 10.6 Å². The van der Waals surface area contributed by atoms with Gasteiger partial charge in [0.2, 0.25) is 0 Å². The molecule has 1 aliphatic heterocycles. The Balaban J connectivity index is 1.87. The van der Waals surface area contributed by atoms with Crippen LogP contribution in [0.5, 0.6) is 0 Å². The van der Waals surface area contributed by atoms with Gasteiger partial charge in [0, 0.05) is 12.1 Å². The summed E-state index contributed by atoms with van der Waals surface area (Å²) in [6.07, 6.45) is 3.68. The summed E-state index contributed by atoms with van der Waals surface area (Å²) in [5.74, 6) is 0.787. The molecule has 3 nitrogen and oxygen atoms in total. The minimum Gasteiger partial charge on any atom is -0.351 e. The zero-order valence-electron chi connectivity index (χ0n) is 9.21. The third-order valence-electron chi connectivity index (χ3n) is 3.32. The first kappa shape index (κ1) is 11.2. The van der Waals surface area contributed by atoms with Crippen LogP contribution < -0.4 is 10.6 Å². The van der Waals surface area contributed by atoms with Crippen LogP contribution in [0.4, 0.5) is 5.69 Å². The molecule has 0 unspecified atom stereocenters. The van der Waals surface area contributed by atoms with Crippen molar-refractivity contribution in [1.29, 1.82) is 0 Å². The SMILES string of the molecule is Clc1cccc(Cl)c1N=C1N[C@H]2CCC[C@@H]2N1. The van der Waals surface area contributed by atoms with Crippen molar-refractivity contribution >= 4 is 34.8 Å². The number of fused-ring (bicyclic) bond motifs is 1. The van der Waals surface area contributed by atoms with Crippen LogP contribution in [0.2, 0.25) is 10.0 Å². The van der Waals surface area contributed by atoms with Gasteiger partial charge in [0.05, 0.1) is 10.0 Å². The van der Waals surface area contributed by atoms with Gasteiger partial charge >= 0.3 is 0 Å². The van der Waals surface area contributed by atoms with E-state index >= 15 is 0 Å². The highest BCUT2D eigenvalue weighted by molar-refractivity contribution is 6.38. The van der Waals surface area contributed by atoms with E-state index < -0.39 is 0 Å². The van der Waals surface area contributed by atoms with Crippen molar-refractivity contribution in [3.63, 3.8) is 0 Å². The normalized spacial score (nSPS) is 26.4. The lowest BCUT2D eigenvalue weighted by atomic mass is 10.2. The van der Waals surface area contributed by atoms with Gasteiger partial charge in [-0.05, 0) is 31.4 Å². The van der Waals surface area contributed by atoms with Crippen LogP contribution in [0, 0.1) is 0 Å². The van der Waals surface area contributed by atoms with Gasteiger partial charge in [-0.25, -0.2) is 4.99 Å². The number of nitrogens with zero attached hydrogens (tertiary/aromatic N) is 1. The van der Waals surface area contributed by atoms with E-state index in [0.717, 1.165) is 5.96 Å². The van der Waals surface area contributed by atoms with Crippen LogP contribution in [0.3, 0.4) is 0 Å². The largest absolute Gasteiger partial charge is 0.351 e. The molecule has 0 radical (unpaired) electrons. The van der Waals surface area contributed by atoms with Crippen molar-refractivity contribution in [2.24, 2.45) is 4.99 Å². The average molecular weight is 270 g/mol.